The number of rotatable bonds is 4. The molecule has 0 aliphatic rings. The quantitative estimate of drug-likeness (QED) is 0.783. The molecule has 6 heteroatoms. The van der Waals surface area contributed by atoms with Gasteiger partial charge in [-0.2, -0.15) is 0 Å². The summed E-state index contributed by atoms with van der Waals surface area (Å²) in [6.07, 6.45) is -0.995. The number of hydrogen-bond donors (Lipinski definition) is 3. The lowest BCUT2D eigenvalue weighted by Gasteiger charge is -2.19. The number of fused-ring (bicyclic) bond motifs is 1. The summed E-state index contributed by atoms with van der Waals surface area (Å²) in [5.74, 6) is -0.770. The van der Waals surface area contributed by atoms with Crippen molar-refractivity contribution >= 4 is 16.8 Å². The molecule has 3 N–H and O–H groups in total. The predicted octanol–water partition coefficient (Wildman–Crippen LogP) is 1.04. The van der Waals surface area contributed by atoms with Gasteiger partial charge in [0.15, 0.2) is 0 Å². The minimum atomic E-state index is -0.995. The van der Waals surface area contributed by atoms with Gasteiger partial charge < -0.3 is 20.1 Å². The van der Waals surface area contributed by atoms with Crippen molar-refractivity contribution in [2.45, 2.75) is 13.0 Å². The van der Waals surface area contributed by atoms with Crippen molar-refractivity contribution in [3.63, 3.8) is 0 Å². The van der Waals surface area contributed by atoms with Crippen LogP contribution >= 0.6 is 0 Å². The SMILES string of the molecule is Cc1c(C(=O)N(C)C[C@H](O)CO)[nH]c2c(F)cccc12. The second-order valence-corrected chi connectivity index (χ2v) is 4.81. The van der Waals surface area contributed by atoms with Crippen molar-refractivity contribution in [3.8, 4) is 0 Å². The van der Waals surface area contributed by atoms with Crippen molar-refractivity contribution < 1.29 is 19.4 Å². The van der Waals surface area contributed by atoms with Crippen molar-refractivity contribution in [1.29, 1.82) is 0 Å². The Morgan fingerprint density at radius 1 is 1.50 bits per heavy atom. The second kappa shape index (κ2) is 5.60. The highest BCUT2D eigenvalue weighted by Crippen LogP contribution is 2.24. The van der Waals surface area contributed by atoms with Crippen molar-refractivity contribution in [1.82, 2.24) is 9.88 Å². The van der Waals surface area contributed by atoms with E-state index in [-0.39, 0.29) is 18.1 Å². The van der Waals surface area contributed by atoms with Crippen molar-refractivity contribution in [3.05, 3.63) is 35.3 Å². The summed E-state index contributed by atoms with van der Waals surface area (Å²) in [5, 5.41) is 18.8. The second-order valence-electron chi connectivity index (χ2n) is 4.81. The number of aromatic amines is 1. The fourth-order valence-electron chi connectivity index (χ4n) is 2.18. The van der Waals surface area contributed by atoms with E-state index in [4.69, 9.17) is 5.11 Å². The lowest BCUT2D eigenvalue weighted by Crippen LogP contribution is -2.36. The Labute approximate surface area is 115 Å². The molecule has 0 aliphatic carbocycles. The lowest BCUT2D eigenvalue weighted by atomic mass is 10.1. The monoisotopic (exact) mass is 280 g/mol. The number of aryl methyl sites for hydroxylation is 1. The van der Waals surface area contributed by atoms with Gasteiger partial charge in [-0.05, 0) is 18.6 Å². The molecule has 108 valence electrons. The fraction of sp³-hybridized carbons (Fsp3) is 0.357. The van der Waals surface area contributed by atoms with Gasteiger partial charge in [-0.15, -0.1) is 0 Å². The molecule has 2 rings (SSSR count). The maximum atomic E-state index is 13.7. The summed E-state index contributed by atoms with van der Waals surface area (Å²) in [6.45, 7) is 1.33. The molecule has 0 saturated heterocycles. The van der Waals surface area contributed by atoms with Gasteiger partial charge in [0.05, 0.1) is 18.2 Å². The van der Waals surface area contributed by atoms with Crippen LogP contribution in [0.4, 0.5) is 4.39 Å². The number of para-hydroxylation sites is 1. The van der Waals surface area contributed by atoms with Gasteiger partial charge in [-0.3, -0.25) is 4.79 Å². The van der Waals surface area contributed by atoms with E-state index in [0.29, 0.717) is 16.5 Å². The predicted molar refractivity (Wildman–Crippen MR) is 73.0 cm³/mol. The third kappa shape index (κ3) is 2.52. The molecule has 1 heterocycles. The molecule has 0 aliphatic heterocycles. The average molecular weight is 280 g/mol. The van der Waals surface area contributed by atoms with Crippen LogP contribution in [0.5, 0.6) is 0 Å². The van der Waals surface area contributed by atoms with E-state index in [2.05, 4.69) is 4.98 Å². The molecule has 1 amide bonds. The normalized spacial score (nSPS) is 12.7. The zero-order valence-corrected chi connectivity index (χ0v) is 11.4. The molecular weight excluding hydrogens is 263 g/mol. The van der Waals surface area contributed by atoms with Crippen LogP contribution in [0.15, 0.2) is 18.2 Å². The number of H-pyrrole nitrogens is 1. The molecule has 0 radical (unpaired) electrons. The molecule has 0 saturated carbocycles. The molecule has 5 nitrogen and oxygen atoms in total. The molecule has 1 aromatic carbocycles. The minimum absolute atomic E-state index is 0.00657. The van der Waals surface area contributed by atoms with E-state index < -0.39 is 18.5 Å². The van der Waals surface area contributed by atoms with Crippen LogP contribution in [-0.4, -0.2) is 52.3 Å². The number of carbonyl (C=O) groups is 1. The van der Waals surface area contributed by atoms with Crippen molar-refractivity contribution in [2.24, 2.45) is 0 Å². The van der Waals surface area contributed by atoms with Crippen LogP contribution in [0.1, 0.15) is 16.1 Å². The molecule has 0 bridgehead atoms. The minimum Gasteiger partial charge on any atom is -0.394 e. The van der Waals surface area contributed by atoms with E-state index in [9.17, 15) is 14.3 Å². The number of likely N-dealkylation sites (N-methyl/N-ethyl adjacent to an activating group) is 1. The first-order valence-electron chi connectivity index (χ1n) is 6.27. The summed E-state index contributed by atoms with van der Waals surface area (Å²) in [5.41, 5.74) is 1.25. The van der Waals surface area contributed by atoms with E-state index in [1.165, 1.54) is 18.0 Å². The number of hydrogen-bond acceptors (Lipinski definition) is 3. The zero-order chi connectivity index (χ0) is 14.9. The highest BCUT2D eigenvalue weighted by Gasteiger charge is 2.21. The fourth-order valence-corrected chi connectivity index (χ4v) is 2.18. The Balaban J connectivity index is 2.35. The summed E-state index contributed by atoms with van der Waals surface area (Å²) in [4.78, 5) is 16.4. The maximum absolute atomic E-state index is 13.7. The van der Waals surface area contributed by atoms with Gasteiger partial charge in [0, 0.05) is 19.0 Å². The Kier molecular flexibility index (Phi) is 4.06. The highest BCUT2D eigenvalue weighted by molar-refractivity contribution is 6.00. The van der Waals surface area contributed by atoms with Gasteiger partial charge >= 0.3 is 0 Å². The third-order valence-corrected chi connectivity index (χ3v) is 3.30. The Bertz CT molecular complexity index is 639. The Morgan fingerprint density at radius 2 is 2.20 bits per heavy atom. The number of halogens is 1. The highest BCUT2D eigenvalue weighted by atomic mass is 19.1. The van der Waals surface area contributed by atoms with Gasteiger partial charge in [-0.25, -0.2) is 4.39 Å². The number of carbonyl (C=O) groups excluding carboxylic acids is 1. The van der Waals surface area contributed by atoms with Crippen molar-refractivity contribution in [2.75, 3.05) is 20.2 Å². The lowest BCUT2D eigenvalue weighted by molar-refractivity contribution is 0.0516. The van der Waals surface area contributed by atoms with E-state index in [1.54, 1.807) is 19.1 Å². The van der Waals surface area contributed by atoms with E-state index in [0.717, 1.165) is 0 Å². The number of amides is 1. The van der Waals surface area contributed by atoms with E-state index >= 15 is 0 Å². The van der Waals surface area contributed by atoms with Crippen LogP contribution in [0, 0.1) is 12.7 Å². The molecule has 20 heavy (non-hydrogen) atoms. The number of nitrogens with one attached hydrogen (secondary N) is 1. The first-order chi connectivity index (χ1) is 9.45. The maximum Gasteiger partial charge on any atom is 0.270 e. The molecule has 0 fully saturated rings. The smallest absolute Gasteiger partial charge is 0.270 e. The number of benzene rings is 1. The Hall–Kier alpha value is -1.92. The molecular formula is C14H17FN2O3. The first kappa shape index (κ1) is 14.5. The van der Waals surface area contributed by atoms with Crippen LogP contribution in [0.2, 0.25) is 0 Å². The summed E-state index contributed by atoms with van der Waals surface area (Å²) in [6, 6.07) is 4.65. The topological polar surface area (TPSA) is 76.6 Å². The zero-order valence-electron chi connectivity index (χ0n) is 11.4. The summed E-state index contributed by atoms with van der Waals surface area (Å²) < 4.78 is 13.7. The average Bonchev–Trinajstić information content (AvgIpc) is 2.77. The number of nitrogens with zero attached hydrogens (tertiary/aromatic N) is 1. The number of aliphatic hydroxyl groups excluding tert-OH is 2. The van der Waals surface area contributed by atoms with Gasteiger partial charge in [0.25, 0.3) is 5.91 Å². The van der Waals surface area contributed by atoms with Gasteiger partial charge in [0.1, 0.15) is 11.5 Å². The molecule has 1 aromatic heterocycles. The largest absolute Gasteiger partial charge is 0.394 e. The van der Waals surface area contributed by atoms with E-state index in [1.807, 2.05) is 0 Å². The van der Waals surface area contributed by atoms with Gasteiger partial charge in [0.2, 0.25) is 0 Å². The molecule has 0 unspecified atom stereocenters. The van der Waals surface area contributed by atoms with Crippen LogP contribution < -0.4 is 0 Å². The molecule has 0 spiro atoms. The number of aromatic nitrogens is 1. The standard InChI is InChI=1S/C14H17FN2O3/c1-8-10-4-3-5-11(15)13(10)16-12(8)14(20)17(2)6-9(19)7-18/h3-5,9,16,18-19H,6-7H2,1-2H3/t9-/m0/s1. The first-order valence-corrected chi connectivity index (χ1v) is 6.27. The van der Waals surface area contributed by atoms with Crippen LogP contribution in [0.25, 0.3) is 10.9 Å². The Morgan fingerprint density at radius 3 is 2.80 bits per heavy atom. The van der Waals surface area contributed by atoms with Crippen LogP contribution in [0.3, 0.4) is 0 Å². The van der Waals surface area contributed by atoms with Gasteiger partial charge in [-0.1, -0.05) is 12.1 Å². The summed E-state index contributed by atoms with van der Waals surface area (Å²) >= 11 is 0. The van der Waals surface area contributed by atoms with Crippen LogP contribution in [-0.2, 0) is 0 Å². The third-order valence-electron chi connectivity index (χ3n) is 3.30. The molecule has 1 atom stereocenters. The summed E-state index contributed by atoms with van der Waals surface area (Å²) in [7, 11) is 1.52. The number of aliphatic hydroxyl groups is 2. The molecule has 2 aromatic rings.